The number of rotatable bonds is 11. The van der Waals surface area contributed by atoms with Gasteiger partial charge in [0.1, 0.15) is 0 Å². The molecule has 3 N–H and O–H groups in total. The Balaban J connectivity index is 3.27. The molecule has 0 aliphatic carbocycles. The molecular weight excluding hydrogens is 246 g/mol. The minimum Gasteiger partial charge on any atom is -0.481 e. The summed E-state index contributed by atoms with van der Waals surface area (Å²) in [7, 11) is 2.01. The van der Waals surface area contributed by atoms with E-state index in [4.69, 9.17) is 5.11 Å². The van der Waals surface area contributed by atoms with E-state index in [0.717, 1.165) is 32.4 Å². The Hall–Kier alpha value is -1.30. The quantitative estimate of drug-likeness (QED) is 0.495. The molecule has 6 nitrogen and oxygen atoms in total. The molecule has 0 saturated heterocycles. The fraction of sp³-hybridized carbons (Fsp3) is 0.846. The molecule has 0 bridgehead atoms. The Bertz CT molecular complexity index is 260. The van der Waals surface area contributed by atoms with Crippen molar-refractivity contribution in [3.8, 4) is 0 Å². The zero-order chi connectivity index (χ0) is 14.5. The number of unbranched alkanes of at least 4 members (excludes halogenated alkanes) is 3. The molecule has 0 heterocycles. The number of carboxylic acids is 1. The molecule has 0 rings (SSSR count). The molecule has 2 amide bonds. The first-order valence-electron chi connectivity index (χ1n) is 6.98. The topological polar surface area (TPSA) is 81.7 Å². The molecule has 0 spiro atoms. The van der Waals surface area contributed by atoms with E-state index in [-0.39, 0.29) is 12.5 Å². The van der Waals surface area contributed by atoms with E-state index in [9.17, 15) is 9.59 Å². The molecule has 0 aliphatic heterocycles. The number of hydrogen-bond donors (Lipinski definition) is 3. The molecule has 0 aromatic rings. The molecule has 0 unspecified atom stereocenters. The van der Waals surface area contributed by atoms with Gasteiger partial charge in [0.15, 0.2) is 0 Å². The lowest BCUT2D eigenvalue weighted by atomic mass is 10.1. The zero-order valence-corrected chi connectivity index (χ0v) is 12.1. The Kier molecular flexibility index (Phi) is 11.0. The van der Waals surface area contributed by atoms with Crippen LogP contribution in [0.1, 0.15) is 39.0 Å². The second-order valence-corrected chi connectivity index (χ2v) is 4.64. The van der Waals surface area contributed by atoms with E-state index in [0.29, 0.717) is 19.5 Å². The summed E-state index contributed by atoms with van der Waals surface area (Å²) < 4.78 is 0. The van der Waals surface area contributed by atoms with E-state index in [2.05, 4.69) is 22.5 Å². The number of aliphatic carboxylic acids is 1. The van der Waals surface area contributed by atoms with Gasteiger partial charge < -0.3 is 20.6 Å². The Labute approximate surface area is 115 Å². The summed E-state index contributed by atoms with van der Waals surface area (Å²) in [6, 6.07) is -0.130. The molecule has 112 valence electrons. The zero-order valence-electron chi connectivity index (χ0n) is 12.1. The van der Waals surface area contributed by atoms with Crippen LogP contribution < -0.4 is 10.6 Å². The monoisotopic (exact) mass is 273 g/mol. The van der Waals surface area contributed by atoms with Gasteiger partial charge in [-0.25, -0.2) is 4.79 Å². The van der Waals surface area contributed by atoms with Crippen LogP contribution in [0.15, 0.2) is 0 Å². The lowest BCUT2D eigenvalue weighted by Crippen LogP contribution is -2.39. The first-order chi connectivity index (χ1) is 9.06. The molecule has 0 fully saturated rings. The predicted molar refractivity (Wildman–Crippen MR) is 75.3 cm³/mol. The lowest BCUT2D eigenvalue weighted by Gasteiger charge is -2.14. The minimum absolute atomic E-state index is 0.130. The van der Waals surface area contributed by atoms with Crippen molar-refractivity contribution in [2.24, 2.45) is 0 Å². The Morgan fingerprint density at radius 1 is 1.05 bits per heavy atom. The fourth-order valence-corrected chi connectivity index (χ4v) is 1.54. The number of hydrogen-bond acceptors (Lipinski definition) is 3. The van der Waals surface area contributed by atoms with Gasteiger partial charge in [-0.1, -0.05) is 19.8 Å². The van der Waals surface area contributed by atoms with Gasteiger partial charge in [-0.3, -0.25) is 4.79 Å². The summed E-state index contributed by atoms with van der Waals surface area (Å²) in [6.07, 6.45) is 3.69. The van der Waals surface area contributed by atoms with Crippen LogP contribution in [-0.4, -0.2) is 55.2 Å². The highest BCUT2D eigenvalue weighted by atomic mass is 16.4. The summed E-state index contributed by atoms with van der Waals surface area (Å²) in [5.41, 5.74) is 0. The highest BCUT2D eigenvalue weighted by Gasteiger charge is 2.00. The number of carbonyl (C=O) groups excluding carboxylic acids is 1. The van der Waals surface area contributed by atoms with Gasteiger partial charge >= 0.3 is 12.0 Å². The fourth-order valence-electron chi connectivity index (χ4n) is 1.54. The highest BCUT2D eigenvalue weighted by molar-refractivity contribution is 5.73. The molecule has 0 aromatic heterocycles. The molecule has 0 radical (unpaired) electrons. The van der Waals surface area contributed by atoms with E-state index in [1.807, 2.05) is 7.05 Å². The predicted octanol–water partition coefficient (Wildman–Crippen LogP) is 1.27. The van der Waals surface area contributed by atoms with Crippen LogP contribution in [0.3, 0.4) is 0 Å². The SMILES string of the molecule is CCN(C)CCNC(=O)NCCCCCCC(=O)O. The van der Waals surface area contributed by atoms with Crippen molar-refractivity contribution >= 4 is 12.0 Å². The van der Waals surface area contributed by atoms with Gasteiger partial charge in [0, 0.05) is 26.1 Å². The molecule has 0 aliphatic rings. The number of urea groups is 1. The average molecular weight is 273 g/mol. The number of nitrogens with zero attached hydrogens (tertiary/aromatic N) is 1. The lowest BCUT2D eigenvalue weighted by molar-refractivity contribution is -0.137. The van der Waals surface area contributed by atoms with Gasteiger partial charge in [-0.15, -0.1) is 0 Å². The average Bonchev–Trinajstić information content (AvgIpc) is 2.37. The standard InChI is InChI=1S/C13H27N3O3/c1-3-16(2)11-10-15-13(19)14-9-7-5-4-6-8-12(17)18/h3-11H2,1-2H3,(H,17,18)(H2,14,15,19). The van der Waals surface area contributed by atoms with Crippen LogP contribution in [0.25, 0.3) is 0 Å². The first kappa shape index (κ1) is 17.7. The van der Waals surface area contributed by atoms with Crippen molar-refractivity contribution in [2.45, 2.75) is 39.0 Å². The third-order valence-electron chi connectivity index (χ3n) is 2.92. The van der Waals surface area contributed by atoms with Crippen molar-refractivity contribution in [1.29, 1.82) is 0 Å². The van der Waals surface area contributed by atoms with Crippen molar-refractivity contribution in [2.75, 3.05) is 33.2 Å². The smallest absolute Gasteiger partial charge is 0.314 e. The van der Waals surface area contributed by atoms with Gasteiger partial charge in [-0.2, -0.15) is 0 Å². The van der Waals surface area contributed by atoms with E-state index < -0.39 is 5.97 Å². The van der Waals surface area contributed by atoms with Crippen LogP contribution in [0.4, 0.5) is 4.79 Å². The van der Waals surface area contributed by atoms with Crippen molar-refractivity contribution in [1.82, 2.24) is 15.5 Å². The third kappa shape index (κ3) is 12.9. The Morgan fingerprint density at radius 3 is 2.32 bits per heavy atom. The summed E-state index contributed by atoms with van der Waals surface area (Å²) in [6.45, 7) is 5.18. The number of amides is 2. The van der Waals surface area contributed by atoms with Crippen molar-refractivity contribution < 1.29 is 14.7 Å². The van der Waals surface area contributed by atoms with Crippen molar-refractivity contribution in [3.05, 3.63) is 0 Å². The molecule has 19 heavy (non-hydrogen) atoms. The molecule has 6 heteroatoms. The summed E-state index contributed by atoms with van der Waals surface area (Å²) in [5, 5.41) is 14.0. The number of carbonyl (C=O) groups is 2. The number of likely N-dealkylation sites (N-methyl/N-ethyl adjacent to an activating group) is 1. The Morgan fingerprint density at radius 2 is 1.68 bits per heavy atom. The number of nitrogens with one attached hydrogen (secondary N) is 2. The first-order valence-corrected chi connectivity index (χ1v) is 6.98. The van der Waals surface area contributed by atoms with Gasteiger partial charge in [0.2, 0.25) is 0 Å². The summed E-state index contributed by atoms with van der Waals surface area (Å²) >= 11 is 0. The maximum atomic E-state index is 11.4. The van der Waals surface area contributed by atoms with Crippen molar-refractivity contribution in [3.63, 3.8) is 0 Å². The second kappa shape index (κ2) is 11.8. The van der Waals surface area contributed by atoms with Crippen LogP contribution >= 0.6 is 0 Å². The minimum atomic E-state index is -0.741. The van der Waals surface area contributed by atoms with Crippen LogP contribution in [0.2, 0.25) is 0 Å². The third-order valence-corrected chi connectivity index (χ3v) is 2.92. The maximum absolute atomic E-state index is 11.4. The van der Waals surface area contributed by atoms with Gasteiger partial charge in [-0.05, 0) is 26.4 Å². The highest BCUT2D eigenvalue weighted by Crippen LogP contribution is 2.01. The van der Waals surface area contributed by atoms with Gasteiger partial charge in [0.05, 0.1) is 0 Å². The number of carboxylic acid groups (broad SMARTS) is 1. The van der Waals surface area contributed by atoms with Crippen LogP contribution in [0, 0.1) is 0 Å². The van der Waals surface area contributed by atoms with Gasteiger partial charge in [0.25, 0.3) is 0 Å². The van der Waals surface area contributed by atoms with E-state index in [1.165, 1.54) is 0 Å². The van der Waals surface area contributed by atoms with E-state index >= 15 is 0 Å². The maximum Gasteiger partial charge on any atom is 0.314 e. The molecule has 0 atom stereocenters. The van der Waals surface area contributed by atoms with Crippen LogP contribution in [-0.2, 0) is 4.79 Å². The second-order valence-electron chi connectivity index (χ2n) is 4.64. The molecular formula is C13H27N3O3. The summed E-state index contributed by atoms with van der Waals surface area (Å²) in [4.78, 5) is 23.8. The van der Waals surface area contributed by atoms with Crippen LogP contribution in [0.5, 0.6) is 0 Å². The summed E-state index contributed by atoms with van der Waals surface area (Å²) in [5.74, 6) is -0.741. The van der Waals surface area contributed by atoms with E-state index in [1.54, 1.807) is 0 Å². The molecule has 0 saturated carbocycles. The molecule has 0 aromatic carbocycles. The largest absolute Gasteiger partial charge is 0.481 e. The normalized spacial score (nSPS) is 10.5.